The first-order chi connectivity index (χ1) is 14.2. The summed E-state index contributed by atoms with van der Waals surface area (Å²) in [6, 6.07) is 3.72. The largest absolute Gasteiger partial charge is 0.444 e. The summed E-state index contributed by atoms with van der Waals surface area (Å²) in [5, 5.41) is 5.50. The normalized spacial score (nSPS) is 14.2. The Balaban J connectivity index is 1.74. The third kappa shape index (κ3) is 8.80. The van der Waals surface area contributed by atoms with E-state index in [9.17, 15) is 14.4 Å². The van der Waals surface area contributed by atoms with Gasteiger partial charge >= 0.3 is 6.09 Å². The number of nitrogens with zero attached hydrogens (tertiary/aromatic N) is 2. The van der Waals surface area contributed by atoms with E-state index >= 15 is 0 Å². The lowest BCUT2D eigenvalue weighted by Gasteiger charge is -2.27. The molecule has 1 aliphatic carbocycles. The highest BCUT2D eigenvalue weighted by molar-refractivity contribution is 5.85. The maximum atomic E-state index is 12.5. The fourth-order valence-electron chi connectivity index (χ4n) is 3.33. The standard InChI is InChI=1S/C22H34N4O4/c1-22(2,3)30-21(29)26(16-17-8-6-11-23-14-17)13-7-12-24-19(27)15-25-20(28)18-9-4-5-10-18/h6,8,11,14,18H,4-5,7,9-10,12-13,15-16H2,1-3H3,(H,24,27)(H,25,28). The van der Waals surface area contributed by atoms with Crippen molar-refractivity contribution in [2.75, 3.05) is 19.6 Å². The number of amides is 3. The molecule has 0 atom stereocenters. The summed E-state index contributed by atoms with van der Waals surface area (Å²) in [5.74, 6) is -0.208. The number of hydrogen-bond acceptors (Lipinski definition) is 5. The molecular weight excluding hydrogens is 384 g/mol. The fraction of sp³-hybridized carbons (Fsp3) is 0.636. The van der Waals surface area contributed by atoms with E-state index in [1.807, 2.05) is 32.9 Å². The minimum atomic E-state index is -0.587. The van der Waals surface area contributed by atoms with Crippen molar-refractivity contribution in [1.29, 1.82) is 0 Å². The zero-order chi connectivity index (χ0) is 22.0. The Morgan fingerprint density at radius 1 is 1.20 bits per heavy atom. The Morgan fingerprint density at radius 3 is 2.57 bits per heavy atom. The molecule has 1 heterocycles. The van der Waals surface area contributed by atoms with Gasteiger partial charge in [0, 0.05) is 31.4 Å². The Hall–Kier alpha value is -2.64. The quantitative estimate of drug-likeness (QED) is 0.601. The zero-order valence-electron chi connectivity index (χ0n) is 18.3. The molecule has 2 N–H and O–H groups in total. The number of carbonyl (C=O) groups is 3. The molecule has 30 heavy (non-hydrogen) atoms. The number of nitrogens with one attached hydrogen (secondary N) is 2. The van der Waals surface area contributed by atoms with Gasteiger partial charge in [-0.05, 0) is 51.7 Å². The molecule has 8 heteroatoms. The van der Waals surface area contributed by atoms with Crippen molar-refractivity contribution in [2.45, 2.75) is 65.0 Å². The number of rotatable bonds is 9. The Morgan fingerprint density at radius 2 is 1.93 bits per heavy atom. The van der Waals surface area contributed by atoms with Crippen molar-refractivity contribution in [2.24, 2.45) is 5.92 Å². The molecule has 8 nitrogen and oxygen atoms in total. The summed E-state index contributed by atoms with van der Waals surface area (Å²) in [6.07, 6.45) is 7.54. The second kappa shape index (κ2) is 11.5. The summed E-state index contributed by atoms with van der Waals surface area (Å²) in [5.41, 5.74) is 0.317. The van der Waals surface area contributed by atoms with Crippen LogP contribution in [0.25, 0.3) is 0 Å². The highest BCUT2D eigenvalue weighted by Crippen LogP contribution is 2.24. The molecule has 1 aromatic rings. The van der Waals surface area contributed by atoms with Crippen LogP contribution < -0.4 is 10.6 Å². The highest BCUT2D eigenvalue weighted by atomic mass is 16.6. The first-order valence-electron chi connectivity index (χ1n) is 10.7. The third-order valence-electron chi connectivity index (χ3n) is 4.82. The Bertz CT molecular complexity index is 697. The van der Waals surface area contributed by atoms with E-state index in [4.69, 9.17) is 4.74 Å². The minimum absolute atomic E-state index is 0.0131. The number of ether oxygens (including phenoxy) is 1. The first kappa shape index (κ1) is 23.6. The Kier molecular flexibility index (Phi) is 9.08. The summed E-state index contributed by atoms with van der Waals surface area (Å²) in [7, 11) is 0. The molecule has 0 saturated heterocycles. The molecule has 166 valence electrons. The molecule has 1 aromatic heterocycles. The lowest BCUT2D eigenvalue weighted by atomic mass is 10.1. The monoisotopic (exact) mass is 418 g/mol. The van der Waals surface area contributed by atoms with Crippen LogP contribution in [-0.2, 0) is 20.9 Å². The van der Waals surface area contributed by atoms with Gasteiger partial charge in [0.1, 0.15) is 5.60 Å². The van der Waals surface area contributed by atoms with Crippen LogP contribution in [0.3, 0.4) is 0 Å². The van der Waals surface area contributed by atoms with E-state index < -0.39 is 11.7 Å². The van der Waals surface area contributed by atoms with Crippen LogP contribution in [0.2, 0.25) is 0 Å². The van der Waals surface area contributed by atoms with Crippen LogP contribution in [0.15, 0.2) is 24.5 Å². The molecule has 2 rings (SSSR count). The molecule has 1 saturated carbocycles. The molecule has 0 bridgehead atoms. The van der Waals surface area contributed by atoms with Crippen LogP contribution >= 0.6 is 0 Å². The number of aromatic nitrogens is 1. The third-order valence-corrected chi connectivity index (χ3v) is 4.82. The van der Waals surface area contributed by atoms with E-state index in [-0.39, 0.29) is 24.3 Å². The van der Waals surface area contributed by atoms with Crippen LogP contribution in [0.1, 0.15) is 58.4 Å². The number of carbonyl (C=O) groups excluding carboxylic acids is 3. The van der Waals surface area contributed by atoms with Gasteiger partial charge in [-0.3, -0.25) is 14.6 Å². The summed E-state index contributed by atoms with van der Waals surface area (Å²) in [4.78, 5) is 42.2. The minimum Gasteiger partial charge on any atom is -0.444 e. The van der Waals surface area contributed by atoms with E-state index in [0.29, 0.717) is 26.1 Å². The second-order valence-electron chi connectivity index (χ2n) is 8.67. The predicted molar refractivity (Wildman–Crippen MR) is 113 cm³/mol. The van der Waals surface area contributed by atoms with Gasteiger partial charge in [0.2, 0.25) is 11.8 Å². The van der Waals surface area contributed by atoms with Gasteiger partial charge in [-0.25, -0.2) is 4.79 Å². The van der Waals surface area contributed by atoms with Crippen molar-refractivity contribution in [3.8, 4) is 0 Å². The lowest BCUT2D eigenvalue weighted by Crippen LogP contribution is -2.41. The van der Waals surface area contributed by atoms with Crippen LogP contribution in [0.5, 0.6) is 0 Å². The summed E-state index contributed by atoms with van der Waals surface area (Å²) in [6.45, 7) is 6.69. The van der Waals surface area contributed by atoms with Gasteiger partial charge < -0.3 is 20.3 Å². The molecule has 1 aliphatic rings. The molecule has 3 amide bonds. The smallest absolute Gasteiger partial charge is 0.410 e. The average Bonchev–Trinajstić information content (AvgIpc) is 3.23. The first-order valence-corrected chi connectivity index (χ1v) is 10.7. The molecule has 0 spiro atoms. The molecule has 0 aromatic carbocycles. The molecule has 0 unspecified atom stereocenters. The highest BCUT2D eigenvalue weighted by Gasteiger charge is 2.23. The average molecular weight is 419 g/mol. The Labute approximate surface area is 178 Å². The van der Waals surface area contributed by atoms with Gasteiger partial charge in [-0.2, -0.15) is 0 Å². The van der Waals surface area contributed by atoms with Crippen molar-refractivity contribution in [1.82, 2.24) is 20.5 Å². The van der Waals surface area contributed by atoms with Crippen LogP contribution in [0.4, 0.5) is 4.79 Å². The van der Waals surface area contributed by atoms with Crippen molar-refractivity contribution in [3.05, 3.63) is 30.1 Å². The van der Waals surface area contributed by atoms with Gasteiger partial charge in [0.05, 0.1) is 13.1 Å². The molecule has 1 fully saturated rings. The van der Waals surface area contributed by atoms with E-state index in [2.05, 4.69) is 15.6 Å². The van der Waals surface area contributed by atoms with Crippen molar-refractivity contribution in [3.63, 3.8) is 0 Å². The second-order valence-corrected chi connectivity index (χ2v) is 8.67. The fourth-order valence-corrected chi connectivity index (χ4v) is 3.33. The van der Waals surface area contributed by atoms with Crippen molar-refractivity contribution >= 4 is 17.9 Å². The maximum absolute atomic E-state index is 12.5. The SMILES string of the molecule is CC(C)(C)OC(=O)N(CCCNC(=O)CNC(=O)C1CCCC1)Cc1cccnc1. The molecular formula is C22H34N4O4. The van der Waals surface area contributed by atoms with E-state index in [1.54, 1.807) is 17.3 Å². The molecule has 0 radical (unpaired) electrons. The van der Waals surface area contributed by atoms with Gasteiger partial charge in [0.15, 0.2) is 0 Å². The van der Waals surface area contributed by atoms with Crippen LogP contribution in [0, 0.1) is 5.92 Å². The lowest BCUT2D eigenvalue weighted by molar-refractivity contribution is -0.128. The van der Waals surface area contributed by atoms with E-state index in [1.165, 1.54) is 0 Å². The zero-order valence-corrected chi connectivity index (χ0v) is 18.3. The maximum Gasteiger partial charge on any atom is 0.410 e. The van der Waals surface area contributed by atoms with Crippen LogP contribution in [-0.4, -0.2) is 53.0 Å². The van der Waals surface area contributed by atoms with E-state index in [0.717, 1.165) is 31.2 Å². The summed E-state index contributed by atoms with van der Waals surface area (Å²) < 4.78 is 5.50. The number of pyridine rings is 1. The topological polar surface area (TPSA) is 101 Å². The van der Waals surface area contributed by atoms with Crippen molar-refractivity contribution < 1.29 is 19.1 Å². The predicted octanol–water partition coefficient (Wildman–Crippen LogP) is 2.63. The van der Waals surface area contributed by atoms with Gasteiger partial charge in [0.25, 0.3) is 0 Å². The van der Waals surface area contributed by atoms with Gasteiger partial charge in [-0.15, -0.1) is 0 Å². The summed E-state index contributed by atoms with van der Waals surface area (Å²) >= 11 is 0. The molecule has 0 aliphatic heterocycles. The van der Waals surface area contributed by atoms with Gasteiger partial charge in [-0.1, -0.05) is 18.9 Å². The number of hydrogen-bond donors (Lipinski definition) is 2.